The van der Waals surface area contributed by atoms with Gasteiger partial charge in [0.05, 0.1) is 17.4 Å². The molecule has 1 fully saturated rings. The zero-order chi connectivity index (χ0) is 9.90. The summed E-state index contributed by atoms with van der Waals surface area (Å²) in [7, 11) is 0. The Bertz CT molecular complexity index is 240. The third-order valence-corrected chi connectivity index (χ3v) is 2.52. The summed E-state index contributed by atoms with van der Waals surface area (Å²) >= 11 is 0. The Balaban J connectivity index is 2.31. The molecule has 0 aromatic carbocycles. The second-order valence-corrected chi connectivity index (χ2v) is 3.72. The predicted molar refractivity (Wildman–Crippen MR) is 48.5 cm³/mol. The van der Waals surface area contributed by atoms with Crippen LogP contribution in [0.15, 0.2) is 0 Å². The van der Waals surface area contributed by atoms with Crippen molar-refractivity contribution < 1.29 is 4.79 Å². The first-order valence-corrected chi connectivity index (χ1v) is 4.52. The largest absolute Gasteiger partial charge is 0.354 e. The van der Waals surface area contributed by atoms with Crippen molar-refractivity contribution in [3.63, 3.8) is 0 Å². The Morgan fingerprint density at radius 2 is 2.38 bits per heavy atom. The maximum Gasteiger partial charge on any atom is 0.227 e. The van der Waals surface area contributed by atoms with Crippen LogP contribution in [-0.2, 0) is 4.79 Å². The van der Waals surface area contributed by atoms with Gasteiger partial charge in [-0.05, 0) is 19.8 Å². The molecular formula is C9H15N3O. The van der Waals surface area contributed by atoms with E-state index in [1.807, 2.05) is 0 Å². The van der Waals surface area contributed by atoms with Crippen LogP contribution < -0.4 is 11.1 Å². The van der Waals surface area contributed by atoms with Gasteiger partial charge in [0.1, 0.15) is 0 Å². The molecule has 1 unspecified atom stereocenters. The average molecular weight is 181 g/mol. The van der Waals surface area contributed by atoms with Crippen LogP contribution in [0.25, 0.3) is 0 Å². The van der Waals surface area contributed by atoms with Crippen molar-refractivity contribution in [1.29, 1.82) is 5.26 Å². The fraction of sp³-hybridized carbons (Fsp3) is 0.778. The molecule has 0 aliphatic heterocycles. The van der Waals surface area contributed by atoms with Crippen LogP contribution in [-0.4, -0.2) is 19.0 Å². The number of carbonyl (C=O) groups excluding carboxylic acids is 1. The van der Waals surface area contributed by atoms with Gasteiger partial charge in [-0.15, -0.1) is 0 Å². The number of nitrogens with two attached hydrogens (primary N) is 1. The highest BCUT2D eigenvalue weighted by Gasteiger charge is 2.48. The van der Waals surface area contributed by atoms with Gasteiger partial charge in [0.15, 0.2) is 0 Å². The molecule has 0 heterocycles. The van der Waals surface area contributed by atoms with Gasteiger partial charge in [0.2, 0.25) is 5.91 Å². The van der Waals surface area contributed by atoms with Crippen LogP contribution in [0, 0.1) is 22.7 Å². The summed E-state index contributed by atoms with van der Waals surface area (Å²) in [5.41, 5.74) is 5.19. The van der Waals surface area contributed by atoms with Crippen molar-refractivity contribution in [3.05, 3.63) is 0 Å². The van der Waals surface area contributed by atoms with Crippen LogP contribution in [0.4, 0.5) is 0 Å². The fourth-order valence-electron chi connectivity index (χ4n) is 1.15. The Kier molecular flexibility index (Phi) is 2.89. The number of hydrogen-bond acceptors (Lipinski definition) is 3. The van der Waals surface area contributed by atoms with E-state index in [4.69, 9.17) is 11.0 Å². The van der Waals surface area contributed by atoms with Gasteiger partial charge in [-0.2, -0.15) is 5.26 Å². The molecule has 1 rings (SSSR count). The minimum Gasteiger partial charge on any atom is -0.354 e. The summed E-state index contributed by atoms with van der Waals surface area (Å²) in [4.78, 5) is 11.5. The molecule has 0 spiro atoms. The first-order valence-electron chi connectivity index (χ1n) is 4.52. The second-order valence-electron chi connectivity index (χ2n) is 3.72. The van der Waals surface area contributed by atoms with Gasteiger partial charge >= 0.3 is 0 Å². The van der Waals surface area contributed by atoms with E-state index in [1.54, 1.807) is 6.92 Å². The van der Waals surface area contributed by atoms with Gasteiger partial charge in [-0.3, -0.25) is 4.79 Å². The van der Waals surface area contributed by atoms with E-state index < -0.39 is 0 Å². The third kappa shape index (κ3) is 2.19. The maximum atomic E-state index is 11.5. The van der Waals surface area contributed by atoms with E-state index in [1.165, 1.54) is 0 Å². The monoisotopic (exact) mass is 181 g/mol. The lowest BCUT2D eigenvalue weighted by atomic mass is 10.1. The van der Waals surface area contributed by atoms with Crippen molar-refractivity contribution in [1.82, 2.24) is 5.32 Å². The molecule has 0 saturated heterocycles. The molecule has 72 valence electrons. The highest BCUT2D eigenvalue weighted by atomic mass is 16.2. The third-order valence-electron chi connectivity index (χ3n) is 2.52. The summed E-state index contributed by atoms with van der Waals surface area (Å²) in [5.74, 6) is -0.116. The number of nitrogens with zero attached hydrogens (tertiary/aromatic N) is 1. The Labute approximate surface area is 78.1 Å². The van der Waals surface area contributed by atoms with Crippen LogP contribution in [0.2, 0.25) is 0 Å². The molecule has 4 nitrogen and oxygen atoms in total. The van der Waals surface area contributed by atoms with Crippen LogP contribution in [0.1, 0.15) is 19.8 Å². The molecule has 3 N–H and O–H groups in total. The molecule has 1 saturated carbocycles. The fourth-order valence-corrected chi connectivity index (χ4v) is 1.15. The standard InChI is InChI=1S/C9H15N3O/c1-7(4-10)5-12-8(13)9(6-11)2-3-9/h7H,2-3,5-6,11H2,1H3,(H,12,13). The van der Waals surface area contributed by atoms with Crippen molar-refractivity contribution in [2.75, 3.05) is 13.1 Å². The van der Waals surface area contributed by atoms with Crippen molar-refractivity contribution in [2.45, 2.75) is 19.8 Å². The molecule has 1 aliphatic carbocycles. The molecule has 4 heteroatoms. The first-order chi connectivity index (χ1) is 6.14. The SMILES string of the molecule is CC(C#N)CNC(=O)C1(CN)CC1. The van der Waals surface area contributed by atoms with E-state index in [9.17, 15) is 4.79 Å². The van der Waals surface area contributed by atoms with Crippen molar-refractivity contribution in [2.24, 2.45) is 17.1 Å². The zero-order valence-electron chi connectivity index (χ0n) is 7.84. The van der Waals surface area contributed by atoms with Crippen molar-refractivity contribution >= 4 is 5.91 Å². The minimum absolute atomic E-state index is 0.0112. The molecule has 0 aromatic heterocycles. The number of amides is 1. The lowest BCUT2D eigenvalue weighted by Gasteiger charge is -2.12. The Hall–Kier alpha value is -1.08. The average Bonchev–Trinajstić information content (AvgIpc) is 2.94. The molecular weight excluding hydrogens is 166 g/mol. The second kappa shape index (κ2) is 3.75. The van der Waals surface area contributed by atoms with Gasteiger partial charge < -0.3 is 11.1 Å². The van der Waals surface area contributed by atoms with Crippen LogP contribution >= 0.6 is 0 Å². The van der Waals surface area contributed by atoms with E-state index in [-0.39, 0.29) is 17.2 Å². The number of carbonyl (C=O) groups is 1. The number of nitriles is 1. The summed E-state index contributed by atoms with van der Waals surface area (Å²) in [6, 6.07) is 2.06. The van der Waals surface area contributed by atoms with Gasteiger partial charge in [-0.1, -0.05) is 0 Å². The van der Waals surface area contributed by atoms with Gasteiger partial charge in [0, 0.05) is 13.1 Å². The smallest absolute Gasteiger partial charge is 0.227 e. The highest BCUT2D eigenvalue weighted by molar-refractivity contribution is 5.85. The molecule has 1 atom stereocenters. The normalized spacial score (nSPS) is 20.1. The topological polar surface area (TPSA) is 78.9 Å². The minimum atomic E-state index is -0.296. The number of rotatable bonds is 4. The maximum absolute atomic E-state index is 11.5. The van der Waals surface area contributed by atoms with E-state index >= 15 is 0 Å². The molecule has 1 amide bonds. The Morgan fingerprint density at radius 3 is 2.77 bits per heavy atom. The first kappa shape index (κ1) is 10.0. The van der Waals surface area contributed by atoms with Gasteiger partial charge in [-0.25, -0.2) is 0 Å². The summed E-state index contributed by atoms with van der Waals surface area (Å²) in [6.45, 7) is 2.62. The molecule has 0 bridgehead atoms. The van der Waals surface area contributed by atoms with Crippen LogP contribution in [0.5, 0.6) is 0 Å². The molecule has 1 aliphatic rings. The van der Waals surface area contributed by atoms with E-state index in [0.29, 0.717) is 13.1 Å². The predicted octanol–water partition coefficient (Wildman–Crippen LogP) is 0.00118. The lowest BCUT2D eigenvalue weighted by molar-refractivity contribution is -0.126. The summed E-state index contributed by atoms with van der Waals surface area (Å²) < 4.78 is 0. The quantitative estimate of drug-likeness (QED) is 0.640. The van der Waals surface area contributed by atoms with Crippen LogP contribution in [0.3, 0.4) is 0 Å². The molecule has 0 radical (unpaired) electrons. The Morgan fingerprint density at radius 1 is 1.77 bits per heavy atom. The van der Waals surface area contributed by atoms with Crippen molar-refractivity contribution in [3.8, 4) is 6.07 Å². The summed E-state index contributed by atoms with van der Waals surface area (Å²) in [6.07, 6.45) is 1.77. The van der Waals surface area contributed by atoms with Gasteiger partial charge in [0.25, 0.3) is 0 Å². The molecule has 13 heavy (non-hydrogen) atoms. The number of nitrogens with one attached hydrogen (secondary N) is 1. The molecule has 0 aromatic rings. The number of hydrogen-bond donors (Lipinski definition) is 2. The zero-order valence-corrected chi connectivity index (χ0v) is 7.84. The van der Waals surface area contributed by atoms with E-state index in [2.05, 4.69) is 11.4 Å². The summed E-state index contributed by atoms with van der Waals surface area (Å²) in [5, 5.41) is 11.2. The van der Waals surface area contributed by atoms with E-state index in [0.717, 1.165) is 12.8 Å². The lowest BCUT2D eigenvalue weighted by Crippen LogP contribution is -2.38. The highest BCUT2D eigenvalue weighted by Crippen LogP contribution is 2.44.